The highest BCUT2D eigenvalue weighted by molar-refractivity contribution is 7.22. The number of hydrogen-bond acceptors (Lipinski definition) is 4. The zero-order chi connectivity index (χ0) is 19.4. The van der Waals surface area contributed by atoms with Gasteiger partial charge < -0.3 is 10.6 Å². The summed E-state index contributed by atoms with van der Waals surface area (Å²) in [7, 11) is 0. The number of nitrogens with one attached hydrogen (secondary N) is 2. The number of benzene rings is 2. The summed E-state index contributed by atoms with van der Waals surface area (Å²) in [5.74, 6) is -2.89. The fraction of sp³-hybridized carbons (Fsp3) is 0.105. The molecule has 1 atom stereocenters. The zero-order valence-electron chi connectivity index (χ0n) is 14.2. The number of fused-ring (bicyclic) bond motifs is 1. The van der Waals surface area contributed by atoms with Crippen molar-refractivity contribution in [2.45, 2.75) is 13.0 Å². The van der Waals surface area contributed by atoms with E-state index in [2.05, 4.69) is 15.6 Å². The topological polar surface area (TPSA) is 71.1 Å². The summed E-state index contributed by atoms with van der Waals surface area (Å²) < 4.78 is 26.9. The maximum Gasteiger partial charge on any atom is 0.248 e. The van der Waals surface area contributed by atoms with E-state index in [1.165, 1.54) is 13.0 Å². The second kappa shape index (κ2) is 8.05. The van der Waals surface area contributed by atoms with E-state index in [0.717, 1.165) is 29.0 Å². The highest BCUT2D eigenvalue weighted by atomic mass is 32.1. The summed E-state index contributed by atoms with van der Waals surface area (Å²) in [5, 5.41) is 5.27. The molecule has 0 aliphatic carbocycles. The Kier molecular flexibility index (Phi) is 5.56. The summed E-state index contributed by atoms with van der Waals surface area (Å²) in [6.07, 6.45) is 2.97. The molecule has 2 aromatic carbocycles. The van der Waals surface area contributed by atoms with Crippen LogP contribution in [0, 0.1) is 11.6 Å². The Balaban J connectivity index is 1.60. The molecule has 1 heterocycles. The first-order valence-electron chi connectivity index (χ1n) is 8.02. The minimum absolute atomic E-state index is 0.195. The van der Waals surface area contributed by atoms with Gasteiger partial charge in [0.25, 0.3) is 0 Å². The van der Waals surface area contributed by atoms with Gasteiger partial charge >= 0.3 is 0 Å². The number of carbonyl (C=O) groups excluding carboxylic acids is 2. The number of halogens is 2. The Bertz CT molecular complexity index is 979. The van der Waals surface area contributed by atoms with Gasteiger partial charge in [0.15, 0.2) is 16.8 Å². The van der Waals surface area contributed by atoms with E-state index in [9.17, 15) is 18.4 Å². The molecule has 0 saturated carbocycles. The molecule has 0 aliphatic heterocycles. The fourth-order valence-electron chi connectivity index (χ4n) is 2.25. The van der Waals surface area contributed by atoms with Crippen LogP contribution in [-0.2, 0) is 9.59 Å². The van der Waals surface area contributed by atoms with Crippen molar-refractivity contribution in [2.75, 3.05) is 5.32 Å². The molecule has 0 aliphatic rings. The maximum atomic E-state index is 13.2. The van der Waals surface area contributed by atoms with E-state index < -0.39 is 29.5 Å². The Morgan fingerprint density at radius 1 is 1.15 bits per heavy atom. The predicted molar refractivity (Wildman–Crippen MR) is 101 cm³/mol. The van der Waals surface area contributed by atoms with Gasteiger partial charge in [-0.2, -0.15) is 0 Å². The van der Waals surface area contributed by atoms with Gasteiger partial charge in [0.1, 0.15) is 6.04 Å². The van der Waals surface area contributed by atoms with Gasteiger partial charge in [0, 0.05) is 12.1 Å². The van der Waals surface area contributed by atoms with Crippen molar-refractivity contribution in [3.63, 3.8) is 0 Å². The predicted octanol–water partition coefficient (Wildman–Crippen LogP) is 3.73. The highest BCUT2D eigenvalue weighted by Gasteiger charge is 2.17. The summed E-state index contributed by atoms with van der Waals surface area (Å²) in [6.45, 7) is 1.52. The number of hydrogen-bond donors (Lipinski definition) is 2. The van der Waals surface area contributed by atoms with Crippen molar-refractivity contribution >= 4 is 44.6 Å². The van der Waals surface area contributed by atoms with Crippen LogP contribution in [0.4, 0.5) is 13.9 Å². The van der Waals surface area contributed by atoms with Crippen LogP contribution in [0.1, 0.15) is 12.5 Å². The van der Waals surface area contributed by atoms with Crippen LogP contribution < -0.4 is 10.6 Å². The third-order valence-electron chi connectivity index (χ3n) is 3.64. The van der Waals surface area contributed by atoms with Crippen molar-refractivity contribution < 1.29 is 18.4 Å². The average molecular weight is 387 g/mol. The van der Waals surface area contributed by atoms with E-state index in [4.69, 9.17) is 0 Å². The number of carbonyl (C=O) groups is 2. The number of anilines is 1. The van der Waals surface area contributed by atoms with E-state index in [-0.39, 0.29) is 10.6 Å². The molecule has 1 unspecified atom stereocenters. The van der Waals surface area contributed by atoms with Gasteiger partial charge in [-0.3, -0.25) is 9.59 Å². The number of rotatable bonds is 5. The van der Waals surface area contributed by atoms with Crippen LogP contribution in [0.25, 0.3) is 16.3 Å². The molecule has 2 N–H and O–H groups in total. The van der Waals surface area contributed by atoms with Gasteiger partial charge in [0.05, 0.1) is 10.2 Å². The summed E-state index contributed by atoms with van der Waals surface area (Å²) in [4.78, 5) is 28.2. The van der Waals surface area contributed by atoms with E-state index in [1.54, 1.807) is 6.08 Å². The van der Waals surface area contributed by atoms with Crippen molar-refractivity contribution in [1.82, 2.24) is 10.3 Å². The summed E-state index contributed by atoms with van der Waals surface area (Å²) >= 11 is 1.02. The molecule has 8 heteroatoms. The molecular weight excluding hydrogens is 372 g/mol. The van der Waals surface area contributed by atoms with E-state index in [1.807, 2.05) is 30.3 Å². The Morgan fingerprint density at radius 3 is 2.59 bits per heavy atom. The number of nitrogens with zero attached hydrogens (tertiary/aromatic N) is 1. The van der Waals surface area contributed by atoms with E-state index >= 15 is 0 Å². The largest absolute Gasteiger partial charge is 0.341 e. The molecular formula is C19H15F2N3O2S. The second-order valence-electron chi connectivity index (χ2n) is 5.72. The Hall–Kier alpha value is -3.13. The average Bonchev–Trinajstić information content (AvgIpc) is 3.02. The second-order valence-corrected chi connectivity index (χ2v) is 6.75. The van der Waals surface area contributed by atoms with Gasteiger partial charge in [-0.25, -0.2) is 13.8 Å². The molecule has 0 saturated heterocycles. The van der Waals surface area contributed by atoms with Crippen LogP contribution in [-0.4, -0.2) is 22.8 Å². The number of aromatic nitrogens is 1. The molecule has 0 radical (unpaired) electrons. The lowest BCUT2D eigenvalue weighted by Gasteiger charge is -2.11. The normalized spacial score (nSPS) is 12.3. The summed E-state index contributed by atoms with van der Waals surface area (Å²) in [6, 6.07) is 10.4. The van der Waals surface area contributed by atoms with Crippen LogP contribution in [0.2, 0.25) is 0 Å². The van der Waals surface area contributed by atoms with Gasteiger partial charge in [-0.1, -0.05) is 41.7 Å². The van der Waals surface area contributed by atoms with Crippen molar-refractivity contribution in [3.8, 4) is 0 Å². The van der Waals surface area contributed by atoms with Crippen LogP contribution in [0.15, 0.2) is 48.5 Å². The lowest BCUT2D eigenvalue weighted by atomic mass is 10.2. The molecule has 138 valence electrons. The molecule has 3 aromatic rings. The minimum Gasteiger partial charge on any atom is -0.341 e. The Labute approximate surface area is 157 Å². The SMILES string of the molecule is CC(NC(=O)/C=C/c1ccccc1)C(=O)Nc1nc2cc(F)c(F)cc2s1. The van der Waals surface area contributed by atoms with Crippen LogP contribution in [0.3, 0.4) is 0 Å². The van der Waals surface area contributed by atoms with Gasteiger partial charge in [0.2, 0.25) is 11.8 Å². The monoisotopic (exact) mass is 387 g/mol. The zero-order valence-corrected chi connectivity index (χ0v) is 15.0. The van der Waals surface area contributed by atoms with Crippen LogP contribution >= 0.6 is 11.3 Å². The molecule has 2 amide bonds. The van der Waals surface area contributed by atoms with E-state index in [0.29, 0.717) is 4.70 Å². The number of amides is 2. The molecule has 0 fully saturated rings. The molecule has 5 nitrogen and oxygen atoms in total. The molecule has 27 heavy (non-hydrogen) atoms. The first-order valence-corrected chi connectivity index (χ1v) is 8.84. The third-order valence-corrected chi connectivity index (χ3v) is 4.57. The Morgan fingerprint density at radius 2 is 1.85 bits per heavy atom. The van der Waals surface area contributed by atoms with Crippen LogP contribution in [0.5, 0.6) is 0 Å². The molecule has 0 bridgehead atoms. The highest BCUT2D eigenvalue weighted by Crippen LogP contribution is 2.27. The summed E-state index contributed by atoms with van der Waals surface area (Å²) in [5.41, 5.74) is 1.11. The van der Waals surface area contributed by atoms with Gasteiger partial charge in [-0.15, -0.1) is 0 Å². The molecule has 3 rings (SSSR count). The van der Waals surface area contributed by atoms with Crippen molar-refractivity contribution in [2.24, 2.45) is 0 Å². The standard InChI is InChI=1S/C19H15F2N3O2S/c1-11(22-17(25)8-7-12-5-3-2-4-6-12)18(26)24-19-23-15-9-13(20)14(21)10-16(15)27-19/h2-11H,1H3,(H,22,25)(H,23,24,26)/b8-7+. The first kappa shape index (κ1) is 18.7. The molecule has 0 spiro atoms. The smallest absolute Gasteiger partial charge is 0.248 e. The van der Waals surface area contributed by atoms with Crippen molar-refractivity contribution in [1.29, 1.82) is 0 Å². The lowest BCUT2D eigenvalue weighted by Crippen LogP contribution is -2.40. The number of thiazole rings is 1. The quantitative estimate of drug-likeness (QED) is 0.656. The molecule has 1 aromatic heterocycles. The van der Waals surface area contributed by atoms with Crippen molar-refractivity contribution in [3.05, 3.63) is 65.7 Å². The first-order chi connectivity index (χ1) is 12.9. The third kappa shape index (κ3) is 4.73. The van der Waals surface area contributed by atoms with Gasteiger partial charge in [-0.05, 0) is 24.6 Å². The minimum atomic E-state index is -1.00. The fourth-order valence-corrected chi connectivity index (χ4v) is 3.13. The maximum absolute atomic E-state index is 13.2. The lowest BCUT2D eigenvalue weighted by molar-refractivity contribution is -0.123.